The summed E-state index contributed by atoms with van der Waals surface area (Å²) < 4.78 is 12.8. The van der Waals surface area contributed by atoms with E-state index in [1.165, 1.54) is 6.07 Å². The zero-order chi connectivity index (χ0) is 8.55. The molecular weight excluding hydrogens is 157 g/mol. The fourth-order valence-electron chi connectivity index (χ4n) is 1.37. The first-order valence-corrected chi connectivity index (χ1v) is 3.98. The summed E-state index contributed by atoms with van der Waals surface area (Å²) in [5.74, 6) is -0.377. The smallest absolute Gasteiger partial charge is 0.127 e. The molecule has 1 aliphatic rings. The minimum atomic E-state index is -0.376. The van der Waals surface area contributed by atoms with Gasteiger partial charge in [0.1, 0.15) is 11.6 Å². The van der Waals surface area contributed by atoms with Crippen LogP contribution in [-0.4, -0.2) is 11.7 Å². The average molecular weight is 167 g/mol. The lowest BCUT2D eigenvalue weighted by molar-refractivity contribution is 0.379. The number of rotatable bonds is 1. The van der Waals surface area contributed by atoms with Gasteiger partial charge in [-0.1, -0.05) is 0 Å². The van der Waals surface area contributed by atoms with Crippen molar-refractivity contribution in [2.24, 2.45) is 0 Å². The van der Waals surface area contributed by atoms with Crippen molar-refractivity contribution in [3.05, 3.63) is 29.6 Å². The number of nitrogens with one attached hydrogen (secondary N) is 1. The highest BCUT2D eigenvalue weighted by Crippen LogP contribution is 2.26. The lowest BCUT2D eigenvalue weighted by Crippen LogP contribution is -2.34. The van der Waals surface area contributed by atoms with Gasteiger partial charge in [-0.2, -0.15) is 0 Å². The Kier molecular flexibility index (Phi) is 1.73. The molecule has 1 unspecified atom stereocenters. The van der Waals surface area contributed by atoms with Gasteiger partial charge in [0, 0.05) is 12.1 Å². The predicted octanol–water partition coefficient (Wildman–Crippen LogP) is 1.57. The van der Waals surface area contributed by atoms with Crippen LogP contribution >= 0.6 is 0 Å². The molecule has 0 aromatic heterocycles. The zero-order valence-corrected chi connectivity index (χ0v) is 6.55. The number of phenolic OH excluding ortho intramolecular Hbond substituents is 1. The van der Waals surface area contributed by atoms with E-state index in [0.29, 0.717) is 0 Å². The standard InChI is InChI=1S/C9H10FNO/c10-7-3-6(4-8(12)5-7)9-1-2-11-9/h3-5,9,11-12H,1-2H2. The minimum absolute atomic E-state index is 0.00120. The highest BCUT2D eigenvalue weighted by molar-refractivity contribution is 5.31. The van der Waals surface area contributed by atoms with Crippen molar-refractivity contribution in [2.45, 2.75) is 12.5 Å². The minimum Gasteiger partial charge on any atom is -0.508 e. The third kappa shape index (κ3) is 1.28. The number of hydrogen-bond acceptors (Lipinski definition) is 2. The number of phenols is 1. The van der Waals surface area contributed by atoms with E-state index in [4.69, 9.17) is 5.11 Å². The van der Waals surface area contributed by atoms with Crippen LogP contribution in [-0.2, 0) is 0 Å². The Balaban J connectivity index is 2.30. The molecule has 2 N–H and O–H groups in total. The van der Waals surface area contributed by atoms with Crippen LogP contribution in [0.1, 0.15) is 18.0 Å². The topological polar surface area (TPSA) is 32.3 Å². The van der Waals surface area contributed by atoms with E-state index in [-0.39, 0.29) is 17.6 Å². The number of benzene rings is 1. The Hall–Kier alpha value is -1.09. The maximum absolute atomic E-state index is 12.8. The van der Waals surface area contributed by atoms with Gasteiger partial charge in [0.2, 0.25) is 0 Å². The van der Waals surface area contributed by atoms with Crippen LogP contribution in [0.5, 0.6) is 5.75 Å². The van der Waals surface area contributed by atoms with Crippen LogP contribution in [0, 0.1) is 5.82 Å². The van der Waals surface area contributed by atoms with Crippen molar-refractivity contribution in [1.29, 1.82) is 0 Å². The van der Waals surface area contributed by atoms with E-state index in [2.05, 4.69) is 5.32 Å². The Morgan fingerprint density at radius 2 is 2.17 bits per heavy atom. The molecule has 0 aliphatic carbocycles. The SMILES string of the molecule is Oc1cc(F)cc(C2CCN2)c1. The Bertz CT molecular complexity index is 276. The van der Waals surface area contributed by atoms with Gasteiger partial charge < -0.3 is 10.4 Å². The quantitative estimate of drug-likeness (QED) is 0.665. The van der Waals surface area contributed by atoms with Crippen molar-refractivity contribution < 1.29 is 9.50 Å². The van der Waals surface area contributed by atoms with Crippen molar-refractivity contribution in [3.63, 3.8) is 0 Å². The van der Waals surface area contributed by atoms with E-state index in [1.54, 1.807) is 6.07 Å². The van der Waals surface area contributed by atoms with Crippen molar-refractivity contribution >= 4 is 0 Å². The molecule has 2 rings (SSSR count). The normalized spacial score (nSPS) is 21.9. The van der Waals surface area contributed by atoms with Crippen molar-refractivity contribution in [1.82, 2.24) is 5.32 Å². The largest absolute Gasteiger partial charge is 0.508 e. The second-order valence-electron chi connectivity index (χ2n) is 3.04. The summed E-state index contributed by atoms with van der Waals surface area (Å²) in [5.41, 5.74) is 0.832. The second-order valence-corrected chi connectivity index (χ2v) is 3.04. The fourth-order valence-corrected chi connectivity index (χ4v) is 1.37. The molecule has 0 amide bonds. The number of halogens is 1. The molecule has 1 aliphatic heterocycles. The van der Waals surface area contributed by atoms with Crippen LogP contribution < -0.4 is 5.32 Å². The number of hydrogen-bond donors (Lipinski definition) is 2. The fraction of sp³-hybridized carbons (Fsp3) is 0.333. The molecule has 1 aromatic carbocycles. The van der Waals surface area contributed by atoms with Gasteiger partial charge in [0.05, 0.1) is 0 Å². The van der Waals surface area contributed by atoms with Crippen LogP contribution in [0.2, 0.25) is 0 Å². The van der Waals surface area contributed by atoms with E-state index in [9.17, 15) is 4.39 Å². The summed E-state index contributed by atoms with van der Waals surface area (Å²) in [6.45, 7) is 0.974. The van der Waals surface area contributed by atoms with Gasteiger partial charge in [-0.05, 0) is 30.7 Å². The highest BCUT2D eigenvalue weighted by atomic mass is 19.1. The second kappa shape index (κ2) is 2.75. The first-order valence-electron chi connectivity index (χ1n) is 3.98. The molecule has 1 heterocycles. The third-order valence-corrected chi connectivity index (χ3v) is 2.13. The molecule has 0 bridgehead atoms. The Labute approximate surface area is 70.0 Å². The maximum Gasteiger partial charge on any atom is 0.127 e. The summed E-state index contributed by atoms with van der Waals surface area (Å²) >= 11 is 0. The molecule has 0 spiro atoms. The highest BCUT2D eigenvalue weighted by Gasteiger charge is 2.19. The Morgan fingerprint density at radius 1 is 1.42 bits per heavy atom. The summed E-state index contributed by atoms with van der Waals surface area (Å²) in [6, 6.07) is 4.39. The molecule has 2 nitrogen and oxygen atoms in total. The Morgan fingerprint density at radius 3 is 2.67 bits per heavy atom. The maximum atomic E-state index is 12.8. The average Bonchev–Trinajstić information content (AvgIpc) is 1.79. The van der Waals surface area contributed by atoms with Gasteiger partial charge in [-0.15, -0.1) is 0 Å². The molecule has 1 aromatic rings. The lowest BCUT2D eigenvalue weighted by atomic mass is 9.98. The summed E-state index contributed by atoms with van der Waals surface area (Å²) in [4.78, 5) is 0. The summed E-state index contributed by atoms with van der Waals surface area (Å²) in [6.07, 6.45) is 1.02. The number of aromatic hydroxyl groups is 1. The molecule has 0 radical (unpaired) electrons. The van der Waals surface area contributed by atoms with Crippen LogP contribution in [0.4, 0.5) is 4.39 Å². The lowest BCUT2D eigenvalue weighted by Gasteiger charge is -2.28. The van der Waals surface area contributed by atoms with Crippen LogP contribution in [0.3, 0.4) is 0 Å². The van der Waals surface area contributed by atoms with Crippen molar-refractivity contribution in [2.75, 3.05) is 6.54 Å². The summed E-state index contributed by atoms with van der Waals surface area (Å²) in [7, 11) is 0. The van der Waals surface area contributed by atoms with Crippen molar-refractivity contribution in [3.8, 4) is 5.75 Å². The molecule has 12 heavy (non-hydrogen) atoms. The molecule has 0 saturated carbocycles. The van der Waals surface area contributed by atoms with Gasteiger partial charge in [-0.25, -0.2) is 4.39 Å². The van der Waals surface area contributed by atoms with Gasteiger partial charge in [-0.3, -0.25) is 0 Å². The molecule has 1 atom stereocenters. The summed E-state index contributed by atoms with van der Waals surface area (Å²) in [5, 5.41) is 12.2. The monoisotopic (exact) mass is 167 g/mol. The van der Waals surface area contributed by atoms with Crippen LogP contribution in [0.15, 0.2) is 18.2 Å². The molecule has 3 heteroatoms. The first kappa shape index (κ1) is 7.55. The molecule has 64 valence electrons. The van der Waals surface area contributed by atoms with Gasteiger partial charge in [0.15, 0.2) is 0 Å². The zero-order valence-electron chi connectivity index (χ0n) is 6.55. The van der Waals surface area contributed by atoms with E-state index < -0.39 is 0 Å². The van der Waals surface area contributed by atoms with E-state index in [0.717, 1.165) is 24.6 Å². The van der Waals surface area contributed by atoms with E-state index >= 15 is 0 Å². The van der Waals surface area contributed by atoms with Crippen LogP contribution in [0.25, 0.3) is 0 Å². The van der Waals surface area contributed by atoms with Gasteiger partial charge >= 0.3 is 0 Å². The first-order chi connectivity index (χ1) is 5.75. The molecule has 1 saturated heterocycles. The van der Waals surface area contributed by atoms with Gasteiger partial charge in [0.25, 0.3) is 0 Å². The van der Waals surface area contributed by atoms with E-state index in [1.807, 2.05) is 0 Å². The molecular formula is C9H10FNO. The third-order valence-electron chi connectivity index (χ3n) is 2.13. The predicted molar refractivity (Wildman–Crippen MR) is 43.4 cm³/mol. The molecule has 1 fully saturated rings.